The Morgan fingerprint density at radius 1 is 1.42 bits per heavy atom. The summed E-state index contributed by atoms with van der Waals surface area (Å²) in [6, 6.07) is 0. The van der Waals surface area contributed by atoms with Gasteiger partial charge in [0, 0.05) is 6.08 Å². The largest absolute Gasteiger partial charge is 0.478 e. The molecule has 0 aromatic heterocycles. The summed E-state index contributed by atoms with van der Waals surface area (Å²) < 4.78 is 0. The number of aliphatic carboxylic acids is 1. The number of hydrogen-bond acceptors (Lipinski definition) is 2. The molecule has 0 aliphatic carbocycles. The molecule has 0 atom stereocenters. The van der Waals surface area contributed by atoms with Gasteiger partial charge in [0.1, 0.15) is 0 Å². The number of carboxylic acids is 1. The van der Waals surface area contributed by atoms with Crippen molar-refractivity contribution in [3.63, 3.8) is 0 Å². The molecule has 1 N–H and O–H groups in total. The van der Waals surface area contributed by atoms with Gasteiger partial charge in [-0.1, -0.05) is 26.8 Å². The number of nitrogens with zero attached hydrogens (tertiary/aromatic N) is 1. The highest BCUT2D eigenvalue weighted by atomic mass is 16.4. The van der Waals surface area contributed by atoms with E-state index in [0.717, 1.165) is 6.08 Å². The fraction of sp³-hybridized carbons (Fsp3) is 0.667. The van der Waals surface area contributed by atoms with Crippen LogP contribution in [-0.4, -0.2) is 37.1 Å². The standard InChI is InChI=1S/C3H9N.C3H4O2.C3H8/c1-4(2)3;1-2-3(4)5;1-3-2/h1-3H3;2H,1H2,(H,4,5);3H2,1-2H3. The van der Waals surface area contributed by atoms with Crippen LogP contribution >= 0.6 is 0 Å². The molecule has 0 radical (unpaired) electrons. The van der Waals surface area contributed by atoms with Crippen molar-refractivity contribution in [1.29, 1.82) is 0 Å². The Hall–Kier alpha value is -0.830. The molecular formula is C9H21NO2. The van der Waals surface area contributed by atoms with Crippen LogP contribution < -0.4 is 0 Å². The monoisotopic (exact) mass is 175 g/mol. The second-order valence-corrected chi connectivity index (χ2v) is 2.59. The smallest absolute Gasteiger partial charge is 0.327 e. The molecule has 0 saturated carbocycles. The number of rotatable bonds is 1. The Morgan fingerprint density at radius 3 is 1.50 bits per heavy atom. The van der Waals surface area contributed by atoms with E-state index in [2.05, 4.69) is 20.4 Å². The molecule has 12 heavy (non-hydrogen) atoms. The van der Waals surface area contributed by atoms with E-state index in [1.165, 1.54) is 6.42 Å². The van der Waals surface area contributed by atoms with Gasteiger partial charge in [-0.25, -0.2) is 4.79 Å². The second-order valence-electron chi connectivity index (χ2n) is 2.59. The molecule has 3 nitrogen and oxygen atoms in total. The van der Waals surface area contributed by atoms with Gasteiger partial charge >= 0.3 is 5.97 Å². The van der Waals surface area contributed by atoms with E-state index < -0.39 is 5.97 Å². The zero-order valence-electron chi connectivity index (χ0n) is 8.79. The quantitative estimate of drug-likeness (QED) is 0.618. The van der Waals surface area contributed by atoms with Crippen molar-refractivity contribution in [2.75, 3.05) is 21.1 Å². The van der Waals surface area contributed by atoms with Crippen molar-refractivity contribution in [2.24, 2.45) is 0 Å². The van der Waals surface area contributed by atoms with Crippen LogP contribution in [0.15, 0.2) is 12.7 Å². The molecule has 0 aromatic carbocycles. The van der Waals surface area contributed by atoms with Gasteiger partial charge in [0.05, 0.1) is 0 Å². The van der Waals surface area contributed by atoms with Crippen molar-refractivity contribution in [3.05, 3.63) is 12.7 Å². The first-order valence-corrected chi connectivity index (χ1v) is 3.88. The zero-order valence-corrected chi connectivity index (χ0v) is 8.79. The predicted octanol–water partition coefficient (Wildman–Crippen LogP) is 1.85. The second kappa shape index (κ2) is 16.6. The maximum atomic E-state index is 9.25. The van der Waals surface area contributed by atoms with Crippen LogP contribution in [0.4, 0.5) is 0 Å². The molecule has 0 rings (SSSR count). The summed E-state index contributed by atoms with van der Waals surface area (Å²) in [5.74, 6) is -0.981. The molecule has 74 valence electrons. The third-order valence-corrected chi connectivity index (χ3v) is 0.175. The number of carboxylic acid groups (broad SMARTS) is 1. The van der Waals surface area contributed by atoms with Crippen molar-refractivity contribution in [3.8, 4) is 0 Å². The van der Waals surface area contributed by atoms with Crippen LogP contribution in [0.25, 0.3) is 0 Å². The van der Waals surface area contributed by atoms with Crippen LogP contribution in [0.1, 0.15) is 20.3 Å². The van der Waals surface area contributed by atoms with Crippen LogP contribution in [0.2, 0.25) is 0 Å². The molecule has 0 unspecified atom stereocenters. The minimum atomic E-state index is -0.981. The molecule has 0 amide bonds. The summed E-state index contributed by atoms with van der Waals surface area (Å²) in [5, 5.41) is 7.60. The first-order valence-electron chi connectivity index (χ1n) is 3.88. The fourth-order valence-electron chi connectivity index (χ4n) is 0. The maximum Gasteiger partial charge on any atom is 0.327 e. The van der Waals surface area contributed by atoms with Gasteiger partial charge in [-0.3, -0.25) is 0 Å². The van der Waals surface area contributed by atoms with Gasteiger partial charge < -0.3 is 10.0 Å². The lowest BCUT2D eigenvalue weighted by Crippen LogP contribution is -1.99. The fourth-order valence-corrected chi connectivity index (χ4v) is 0. The average Bonchev–Trinajstić information content (AvgIpc) is 1.88. The van der Waals surface area contributed by atoms with E-state index in [-0.39, 0.29) is 0 Å². The van der Waals surface area contributed by atoms with Crippen molar-refractivity contribution < 1.29 is 9.90 Å². The Bertz CT molecular complexity index is 97.9. The minimum Gasteiger partial charge on any atom is -0.478 e. The summed E-state index contributed by atoms with van der Waals surface area (Å²) in [7, 11) is 6.00. The number of carbonyl (C=O) groups is 1. The normalized spacial score (nSPS) is 7.17. The molecule has 0 fully saturated rings. The number of hydrogen-bond donors (Lipinski definition) is 1. The van der Waals surface area contributed by atoms with E-state index in [4.69, 9.17) is 5.11 Å². The third kappa shape index (κ3) is 447. The molecular weight excluding hydrogens is 154 g/mol. The highest BCUT2D eigenvalue weighted by molar-refractivity contribution is 5.78. The van der Waals surface area contributed by atoms with Crippen molar-refractivity contribution in [1.82, 2.24) is 4.90 Å². The van der Waals surface area contributed by atoms with E-state index in [1.54, 1.807) is 0 Å². The average molecular weight is 175 g/mol. The highest BCUT2D eigenvalue weighted by Crippen LogP contribution is 1.56. The molecule has 0 heterocycles. The van der Waals surface area contributed by atoms with Gasteiger partial charge in [-0.15, -0.1) is 0 Å². The van der Waals surface area contributed by atoms with Gasteiger partial charge in [-0.2, -0.15) is 0 Å². The Labute approximate surface area is 75.7 Å². The summed E-state index contributed by atoms with van der Waals surface area (Å²) >= 11 is 0. The molecule has 0 saturated heterocycles. The Balaban J connectivity index is -0.000000105. The van der Waals surface area contributed by atoms with Crippen LogP contribution in [0.3, 0.4) is 0 Å². The van der Waals surface area contributed by atoms with Crippen LogP contribution in [-0.2, 0) is 4.79 Å². The molecule has 0 aliphatic heterocycles. The summed E-state index contributed by atoms with van der Waals surface area (Å²) in [5.41, 5.74) is 0. The summed E-state index contributed by atoms with van der Waals surface area (Å²) in [6.07, 6.45) is 2.08. The summed E-state index contributed by atoms with van der Waals surface area (Å²) in [4.78, 5) is 11.2. The van der Waals surface area contributed by atoms with Crippen molar-refractivity contribution >= 4 is 5.97 Å². The molecule has 0 aliphatic rings. The van der Waals surface area contributed by atoms with Gasteiger partial charge in [0.15, 0.2) is 0 Å². The summed E-state index contributed by atoms with van der Waals surface area (Å²) in [6.45, 7) is 7.21. The van der Waals surface area contributed by atoms with Gasteiger partial charge in [0.2, 0.25) is 0 Å². The first-order chi connectivity index (χ1) is 5.42. The van der Waals surface area contributed by atoms with Crippen LogP contribution in [0, 0.1) is 0 Å². The molecule has 0 bridgehead atoms. The van der Waals surface area contributed by atoms with Crippen LogP contribution in [0.5, 0.6) is 0 Å². The highest BCUT2D eigenvalue weighted by Gasteiger charge is 1.73. The van der Waals surface area contributed by atoms with Gasteiger partial charge in [0.25, 0.3) is 0 Å². The Morgan fingerprint density at radius 2 is 1.50 bits per heavy atom. The van der Waals surface area contributed by atoms with E-state index >= 15 is 0 Å². The van der Waals surface area contributed by atoms with E-state index in [0.29, 0.717) is 0 Å². The lowest BCUT2D eigenvalue weighted by atomic mass is 10.6. The van der Waals surface area contributed by atoms with Gasteiger partial charge in [-0.05, 0) is 21.1 Å². The van der Waals surface area contributed by atoms with Crippen molar-refractivity contribution in [2.45, 2.75) is 20.3 Å². The lowest BCUT2D eigenvalue weighted by molar-refractivity contribution is -0.131. The maximum absolute atomic E-state index is 9.25. The molecule has 3 heteroatoms. The minimum absolute atomic E-state index is 0.833. The third-order valence-electron chi connectivity index (χ3n) is 0.175. The van der Waals surface area contributed by atoms with E-state index in [9.17, 15) is 4.79 Å². The predicted molar refractivity (Wildman–Crippen MR) is 53.4 cm³/mol. The molecule has 0 aromatic rings. The first kappa shape index (κ1) is 17.3. The SMILES string of the molecule is C=CC(=O)O.CCC.CN(C)C. The topological polar surface area (TPSA) is 40.5 Å². The zero-order chi connectivity index (χ0) is 10.6. The van der Waals surface area contributed by atoms with E-state index in [1.807, 2.05) is 26.0 Å². The Kier molecular flexibility index (Phi) is 24.0. The molecule has 0 spiro atoms. The lowest BCUT2D eigenvalue weighted by Gasteiger charge is -1.90.